The van der Waals surface area contributed by atoms with Crippen LogP contribution in [0, 0.1) is 0 Å². The lowest BCUT2D eigenvalue weighted by Crippen LogP contribution is -2.31. The van der Waals surface area contributed by atoms with Crippen molar-refractivity contribution in [1.29, 1.82) is 0 Å². The molecule has 2 aromatic carbocycles. The van der Waals surface area contributed by atoms with Gasteiger partial charge >= 0.3 is 6.18 Å². The maximum Gasteiger partial charge on any atom is 0.416 e. The number of benzene rings is 2. The summed E-state index contributed by atoms with van der Waals surface area (Å²) in [6.07, 6.45) is -1.15. The first kappa shape index (κ1) is 21.3. The average Bonchev–Trinajstić information content (AvgIpc) is 3.37. The Morgan fingerprint density at radius 1 is 1.09 bits per heavy atom. The Hall–Kier alpha value is -2.52. The van der Waals surface area contributed by atoms with Gasteiger partial charge in [0.1, 0.15) is 5.75 Å². The van der Waals surface area contributed by atoms with Gasteiger partial charge < -0.3 is 9.64 Å². The van der Waals surface area contributed by atoms with E-state index < -0.39 is 27.7 Å². The highest BCUT2D eigenvalue weighted by Gasteiger charge is 2.41. The topological polar surface area (TPSA) is 49.9 Å². The van der Waals surface area contributed by atoms with E-state index in [0.717, 1.165) is 29.8 Å². The molecule has 5 nitrogen and oxygen atoms in total. The number of fused-ring (bicyclic) bond motifs is 2. The fourth-order valence-corrected chi connectivity index (χ4v) is 6.25. The normalized spacial score (nSPS) is 21.2. The molecule has 5 rings (SSSR count). The molecule has 0 aliphatic carbocycles. The van der Waals surface area contributed by atoms with Crippen molar-refractivity contribution < 1.29 is 26.3 Å². The van der Waals surface area contributed by atoms with Crippen LogP contribution < -0.4 is 9.04 Å². The van der Waals surface area contributed by atoms with Crippen LogP contribution in [0.5, 0.6) is 5.75 Å². The van der Waals surface area contributed by atoms with Gasteiger partial charge in [0.2, 0.25) is 0 Å². The molecule has 0 saturated heterocycles. The first-order chi connectivity index (χ1) is 15.1. The summed E-state index contributed by atoms with van der Waals surface area (Å²) < 4.78 is 74.2. The summed E-state index contributed by atoms with van der Waals surface area (Å²) in [5.74, 6) is 0.281. The number of alkyl halides is 3. The first-order valence-corrected chi connectivity index (χ1v) is 12.0. The van der Waals surface area contributed by atoms with E-state index in [2.05, 4.69) is 4.90 Å². The van der Waals surface area contributed by atoms with Crippen LogP contribution in [0.1, 0.15) is 29.0 Å². The van der Waals surface area contributed by atoms with E-state index in [4.69, 9.17) is 4.74 Å². The second-order valence-electron chi connectivity index (χ2n) is 8.52. The summed E-state index contributed by atoms with van der Waals surface area (Å²) in [5.41, 5.74) is 1.79. The standard InChI is InChI=1S/C23H23F3N2O3S/c1-27-9-6-15(7-10-27)20-14-28(21-4-2-17(13-19(20)21)23(24,25)26)32(29,30)18-3-5-22-16(12-18)8-11-31-22/h2-6,12-13,20H,7-11,14H2,1H3. The van der Waals surface area contributed by atoms with E-state index in [1.165, 1.54) is 16.4 Å². The lowest BCUT2D eigenvalue weighted by atomic mass is 9.88. The second-order valence-corrected chi connectivity index (χ2v) is 10.4. The molecule has 0 N–H and O–H groups in total. The molecule has 3 heterocycles. The number of hydrogen-bond donors (Lipinski definition) is 0. The fourth-order valence-electron chi connectivity index (χ4n) is 4.70. The van der Waals surface area contributed by atoms with Crippen molar-refractivity contribution in [3.05, 3.63) is 64.7 Å². The van der Waals surface area contributed by atoms with Gasteiger partial charge in [-0.25, -0.2) is 8.42 Å². The van der Waals surface area contributed by atoms with Crippen molar-refractivity contribution in [2.45, 2.75) is 29.8 Å². The van der Waals surface area contributed by atoms with E-state index >= 15 is 0 Å². The van der Waals surface area contributed by atoms with Gasteiger partial charge in [-0.15, -0.1) is 0 Å². The smallest absolute Gasteiger partial charge is 0.416 e. The third kappa shape index (κ3) is 3.57. The zero-order valence-electron chi connectivity index (χ0n) is 17.5. The number of nitrogens with zero attached hydrogens (tertiary/aromatic N) is 2. The van der Waals surface area contributed by atoms with Gasteiger partial charge in [0, 0.05) is 32.0 Å². The molecule has 0 aromatic heterocycles. The molecule has 32 heavy (non-hydrogen) atoms. The van der Waals surface area contributed by atoms with Crippen LogP contribution in [0.15, 0.2) is 52.9 Å². The lowest BCUT2D eigenvalue weighted by Gasteiger charge is -2.26. The van der Waals surface area contributed by atoms with Crippen LogP contribution in [0.2, 0.25) is 0 Å². The third-order valence-electron chi connectivity index (χ3n) is 6.49. The molecular weight excluding hydrogens is 441 g/mol. The van der Waals surface area contributed by atoms with Gasteiger partial charge in [-0.3, -0.25) is 4.31 Å². The van der Waals surface area contributed by atoms with Crippen LogP contribution in [0.4, 0.5) is 18.9 Å². The highest BCUT2D eigenvalue weighted by Crippen LogP contribution is 2.46. The quantitative estimate of drug-likeness (QED) is 0.639. The molecule has 9 heteroatoms. The minimum absolute atomic E-state index is 0.0993. The minimum Gasteiger partial charge on any atom is -0.493 e. The summed E-state index contributed by atoms with van der Waals surface area (Å²) in [6, 6.07) is 8.14. The summed E-state index contributed by atoms with van der Waals surface area (Å²) in [4.78, 5) is 2.25. The molecule has 3 aliphatic rings. The first-order valence-electron chi connectivity index (χ1n) is 10.5. The zero-order valence-corrected chi connectivity index (χ0v) is 18.3. The van der Waals surface area contributed by atoms with Gasteiger partial charge in [-0.05, 0) is 61.0 Å². The Morgan fingerprint density at radius 2 is 1.91 bits per heavy atom. The van der Waals surface area contributed by atoms with Crippen LogP contribution in [-0.2, 0) is 22.6 Å². The van der Waals surface area contributed by atoms with Gasteiger partial charge in [0.15, 0.2) is 0 Å². The maximum absolute atomic E-state index is 13.6. The average molecular weight is 465 g/mol. The largest absolute Gasteiger partial charge is 0.493 e. The van der Waals surface area contributed by atoms with Gasteiger partial charge in [0.05, 0.1) is 22.8 Å². The maximum atomic E-state index is 13.6. The number of rotatable bonds is 3. The molecule has 0 amide bonds. The van der Waals surface area contributed by atoms with Gasteiger partial charge in [0.25, 0.3) is 10.0 Å². The molecule has 1 atom stereocenters. The predicted octanol–water partition coefficient (Wildman–Crippen LogP) is 4.19. The van der Waals surface area contributed by atoms with Gasteiger partial charge in [-0.1, -0.05) is 11.6 Å². The van der Waals surface area contributed by atoms with Gasteiger partial charge in [-0.2, -0.15) is 13.2 Å². The molecule has 170 valence electrons. The molecule has 0 spiro atoms. The zero-order chi connectivity index (χ0) is 22.7. The predicted molar refractivity (Wildman–Crippen MR) is 115 cm³/mol. The molecule has 3 aliphatic heterocycles. The van der Waals surface area contributed by atoms with E-state index in [9.17, 15) is 21.6 Å². The Morgan fingerprint density at radius 3 is 2.62 bits per heavy atom. The molecule has 1 unspecified atom stereocenters. The lowest BCUT2D eigenvalue weighted by molar-refractivity contribution is -0.137. The number of likely N-dealkylation sites (N-methyl/N-ethyl adjacent to an activating group) is 1. The van der Waals surface area contributed by atoms with Crippen molar-refractivity contribution in [3.8, 4) is 5.75 Å². The Kier molecular flexibility index (Phi) is 5.01. The molecule has 0 fully saturated rings. The Labute approximate surface area is 185 Å². The van der Waals surface area contributed by atoms with Crippen LogP contribution in [0.3, 0.4) is 0 Å². The van der Waals surface area contributed by atoms with Crippen molar-refractivity contribution in [1.82, 2.24) is 4.90 Å². The number of sulfonamides is 1. The fraction of sp³-hybridized carbons (Fsp3) is 0.391. The monoisotopic (exact) mass is 464 g/mol. The summed E-state index contributed by atoms with van der Waals surface area (Å²) >= 11 is 0. The minimum atomic E-state index is -4.49. The highest BCUT2D eigenvalue weighted by molar-refractivity contribution is 7.92. The van der Waals surface area contributed by atoms with Crippen LogP contribution in [0.25, 0.3) is 0 Å². The Balaban J connectivity index is 1.59. The van der Waals surface area contributed by atoms with Crippen molar-refractivity contribution in [3.63, 3.8) is 0 Å². The third-order valence-corrected chi connectivity index (χ3v) is 8.27. The SMILES string of the molecule is CN1CC=C(C2CN(S(=O)(=O)c3ccc4c(c3)CCO4)c3ccc(C(F)(F)F)cc32)CC1. The van der Waals surface area contributed by atoms with Crippen molar-refractivity contribution in [2.75, 3.05) is 37.6 Å². The number of halogens is 3. The van der Waals surface area contributed by atoms with Crippen molar-refractivity contribution in [2.24, 2.45) is 0 Å². The Bertz CT molecular complexity index is 1210. The van der Waals surface area contributed by atoms with Crippen molar-refractivity contribution >= 4 is 15.7 Å². The van der Waals surface area contributed by atoms with E-state index in [-0.39, 0.29) is 11.4 Å². The molecule has 0 bridgehead atoms. The molecule has 0 radical (unpaired) electrons. The van der Waals surface area contributed by atoms with E-state index in [0.29, 0.717) is 43.0 Å². The van der Waals surface area contributed by atoms with Crippen LogP contribution in [-0.4, -0.2) is 46.6 Å². The molecule has 0 saturated carbocycles. The number of hydrogen-bond acceptors (Lipinski definition) is 4. The summed E-state index contributed by atoms with van der Waals surface area (Å²) in [7, 11) is -1.97. The summed E-state index contributed by atoms with van der Waals surface area (Å²) in [5, 5.41) is 0. The second kappa shape index (κ2) is 7.52. The van der Waals surface area contributed by atoms with Crippen LogP contribution >= 0.6 is 0 Å². The van der Waals surface area contributed by atoms with E-state index in [1.807, 2.05) is 13.1 Å². The van der Waals surface area contributed by atoms with E-state index in [1.54, 1.807) is 12.1 Å². The molecular formula is C23H23F3N2O3S. The number of anilines is 1. The molecule has 2 aromatic rings. The highest BCUT2D eigenvalue weighted by atomic mass is 32.2. The summed E-state index contributed by atoms with van der Waals surface area (Å²) in [6.45, 7) is 2.09. The number of ether oxygens (including phenoxy) is 1.